The number of nitrogens with zero attached hydrogens (tertiary/aromatic N) is 9. The van der Waals surface area contributed by atoms with Crippen LogP contribution >= 0.6 is 0 Å². The summed E-state index contributed by atoms with van der Waals surface area (Å²) in [5.74, 6) is 2.54. The number of piperidine rings is 4. The first-order valence-electron chi connectivity index (χ1n) is 31.3. The third-order valence-corrected chi connectivity index (χ3v) is 17.1. The van der Waals surface area contributed by atoms with Gasteiger partial charge in [-0.25, -0.2) is 0 Å². The Bertz CT molecular complexity index is 1830. The maximum atomic E-state index is 6.65. The number of rotatable bonds is 29. The Morgan fingerprint density at radius 3 is 1.04 bits per heavy atom. The van der Waals surface area contributed by atoms with E-state index >= 15 is 0 Å². The van der Waals surface area contributed by atoms with Gasteiger partial charge in [0.25, 0.3) is 0 Å². The summed E-state index contributed by atoms with van der Waals surface area (Å²) in [6.45, 7) is 55.2. The molecular formula is C62H121N11O3. The summed E-state index contributed by atoms with van der Waals surface area (Å²) >= 11 is 0. The Morgan fingerprint density at radius 1 is 0.408 bits per heavy atom. The summed E-state index contributed by atoms with van der Waals surface area (Å²) in [4.78, 5) is 45.0. The summed E-state index contributed by atoms with van der Waals surface area (Å²) in [5, 5.41) is 15.0. The molecule has 14 nitrogen and oxygen atoms in total. The van der Waals surface area contributed by atoms with E-state index in [2.05, 4.69) is 186 Å². The van der Waals surface area contributed by atoms with Crippen LogP contribution in [0.3, 0.4) is 0 Å². The van der Waals surface area contributed by atoms with Gasteiger partial charge in [0.05, 0.1) is 19.8 Å². The van der Waals surface area contributed by atoms with Crippen molar-refractivity contribution in [2.24, 2.45) is 0 Å². The van der Waals surface area contributed by atoms with Crippen LogP contribution in [0.4, 0.5) is 17.8 Å². The Morgan fingerprint density at radius 2 is 0.711 bits per heavy atom. The van der Waals surface area contributed by atoms with Gasteiger partial charge < -0.3 is 25.3 Å². The summed E-state index contributed by atoms with van der Waals surface area (Å²) in [6.07, 6.45) is 20.0. The highest BCUT2D eigenvalue weighted by molar-refractivity contribution is 5.49. The van der Waals surface area contributed by atoms with E-state index in [0.29, 0.717) is 6.04 Å². The lowest BCUT2D eigenvalue weighted by Crippen LogP contribution is -2.64. The fourth-order valence-electron chi connectivity index (χ4n) is 15.1. The Hall–Kier alpha value is -1.91. The van der Waals surface area contributed by atoms with Crippen molar-refractivity contribution in [2.75, 3.05) is 60.7 Å². The highest BCUT2D eigenvalue weighted by Gasteiger charge is 2.51. The fraction of sp³-hybridized carbons (Fsp3) is 0.952. The minimum absolute atomic E-state index is 0.0247. The smallest absolute Gasteiger partial charge is 0.232 e. The third-order valence-electron chi connectivity index (χ3n) is 17.1. The van der Waals surface area contributed by atoms with Crippen molar-refractivity contribution in [3.05, 3.63) is 0 Å². The van der Waals surface area contributed by atoms with Crippen LogP contribution in [0, 0.1) is 0 Å². The molecule has 0 unspecified atom stereocenters. The van der Waals surface area contributed by atoms with E-state index in [1.54, 1.807) is 0 Å². The van der Waals surface area contributed by atoms with Gasteiger partial charge in [0.15, 0.2) is 0 Å². The van der Waals surface area contributed by atoms with Gasteiger partial charge >= 0.3 is 0 Å². The Balaban J connectivity index is 1.56. The van der Waals surface area contributed by atoms with Crippen LogP contribution in [0.1, 0.15) is 267 Å². The average molecular weight is 1070 g/mol. The number of aromatic nitrogens is 3. The van der Waals surface area contributed by atoms with E-state index in [1.165, 1.54) is 6.42 Å². The van der Waals surface area contributed by atoms with Crippen LogP contribution in [-0.4, -0.2) is 145 Å². The minimum atomic E-state index is -0.205. The van der Waals surface area contributed by atoms with Gasteiger partial charge in [-0.05, 0) is 214 Å². The van der Waals surface area contributed by atoms with E-state index in [4.69, 9.17) is 29.5 Å². The Kier molecular flexibility index (Phi) is 22.9. The minimum Gasteiger partial charge on any atom is -0.338 e. The molecule has 14 heteroatoms. The molecule has 5 rings (SSSR count). The summed E-state index contributed by atoms with van der Waals surface area (Å²) in [5.41, 5.74) is -0.906. The normalized spacial score (nSPS) is 24.0. The first kappa shape index (κ1) is 64.9. The molecule has 5 heterocycles. The number of hydrogen-bond donors (Lipinski definition) is 2. The SMILES string of the molecule is CCCCN(c1nc(N(CCCC)C2CC(C)(C)N(OCCC)C(C)(C)C2)nc(N(CCCCCCNC2CC(C)(C)N(OCCC)C(C)(C)C2)C2CC(C)(C)N(OCCC)C(C)(C)C2)n1)C1CC(C)(C)NC(C)(C)C1. The van der Waals surface area contributed by atoms with Crippen LogP contribution in [0.2, 0.25) is 0 Å². The van der Waals surface area contributed by atoms with Gasteiger partial charge in [-0.2, -0.15) is 30.1 Å². The van der Waals surface area contributed by atoms with Crippen LogP contribution in [-0.2, 0) is 14.5 Å². The lowest BCUT2D eigenvalue weighted by atomic mass is 9.78. The van der Waals surface area contributed by atoms with E-state index in [-0.39, 0.29) is 62.4 Å². The van der Waals surface area contributed by atoms with Crippen molar-refractivity contribution in [1.29, 1.82) is 0 Å². The zero-order chi connectivity index (χ0) is 56.5. The van der Waals surface area contributed by atoms with Gasteiger partial charge in [0.2, 0.25) is 17.8 Å². The molecule has 0 atom stereocenters. The van der Waals surface area contributed by atoms with E-state index in [0.717, 1.165) is 179 Å². The molecule has 1 aromatic rings. The van der Waals surface area contributed by atoms with Crippen molar-refractivity contribution >= 4 is 17.8 Å². The third kappa shape index (κ3) is 17.1. The molecule has 4 aliphatic rings. The van der Waals surface area contributed by atoms with E-state index < -0.39 is 0 Å². The second kappa shape index (κ2) is 26.8. The van der Waals surface area contributed by atoms with Gasteiger partial charge in [0.1, 0.15) is 0 Å². The first-order valence-corrected chi connectivity index (χ1v) is 31.3. The number of unbranched alkanes of at least 4 members (excludes halogenated alkanes) is 5. The molecule has 4 aliphatic heterocycles. The molecule has 0 bridgehead atoms. The molecule has 2 N–H and O–H groups in total. The number of nitrogens with one attached hydrogen (secondary N) is 2. The zero-order valence-corrected chi connectivity index (χ0v) is 53.4. The number of hydrogen-bond acceptors (Lipinski definition) is 14. The predicted molar refractivity (Wildman–Crippen MR) is 320 cm³/mol. The quantitative estimate of drug-likeness (QED) is 0.0743. The lowest BCUT2D eigenvalue weighted by molar-refractivity contribution is -0.283. The molecule has 0 spiro atoms. The fourth-order valence-corrected chi connectivity index (χ4v) is 15.1. The molecule has 4 fully saturated rings. The molecule has 0 saturated carbocycles. The summed E-state index contributed by atoms with van der Waals surface area (Å²) in [6, 6.07) is 1.18. The van der Waals surface area contributed by atoms with Crippen molar-refractivity contribution < 1.29 is 14.5 Å². The number of anilines is 3. The highest BCUT2D eigenvalue weighted by atomic mass is 16.7. The van der Waals surface area contributed by atoms with Crippen molar-refractivity contribution in [2.45, 2.75) is 336 Å². The molecule has 4 saturated heterocycles. The molecule has 0 radical (unpaired) electrons. The van der Waals surface area contributed by atoms with Crippen LogP contribution in [0.15, 0.2) is 0 Å². The molecule has 0 amide bonds. The molecule has 442 valence electrons. The van der Waals surface area contributed by atoms with Crippen LogP contribution < -0.4 is 25.3 Å². The van der Waals surface area contributed by atoms with Gasteiger partial charge in [-0.3, -0.25) is 14.5 Å². The maximum Gasteiger partial charge on any atom is 0.232 e. The maximum absolute atomic E-state index is 6.65. The molecule has 0 aliphatic carbocycles. The molecule has 0 aromatic carbocycles. The van der Waals surface area contributed by atoms with E-state index in [9.17, 15) is 0 Å². The molecular weight excluding hydrogens is 947 g/mol. The van der Waals surface area contributed by atoms with Crippen molar-refractivity contribution in [3.63, 3.8) is 0 Å². The van der Waals surface area contributed by atoms with Gasteiger partial charge in [-0.15, -0.1) is 0 Å². The molecule has 76 heavy (non-hydrogen) atoms. The Labute approximate surface area is 467 Å². The lowest BCUT2D eigenvalue weighted by Gasteiger charge is -2.56. The largest absolute Gasteiger partial charge is 0.338 e. The monoisotopic (exact) mass is 1070 g/mol. The zero-order valence-electron chi connectivity index (χ0n) is 53.4. The second-order valence-electron chi connectivity index (χ2n) is 29.3. The summed E-state index contributed by atoms with van der Waals surface area (Å²) < 4.78 is 0. The average Bonchev–Trinajstić information content (AvgIpc) is 3.27. The van der Waals surface area contributed by atoms with Crippen LogP contribution in [0.25, 0.3) is 0 Å². The van der Waals surface area contributed by atoms with E-state index in [1.807, 2.05) is 0 Å². The van der Waals surface area contributed by atoms with Gasteiger partial charge in [-0.1, -0.05) is 60.3 Å². The van der Waals surface area contributed by atoms with Crippen molar-refractivity contribution in [1.82, 2.24) is 40.8 Å². The topological polar surface area (TPSA) is 110 Å². The van der Waals surface area contributed by atoms with Crippen molar-refractivity contribution in [3.8, 4) is 0 Å². The standard InChI is InChI=1S/C62H121N11O3/c1-22-27-34-68(49-42-55(6,7)67-56(8,9)43-49)52-64-53(69(35-28-23-2)50-44-59(14,15)72(75-38-25-4)60(16,17)45-50)66-54(65-52)70(51-46-61(18,19)73(76-39-26-5)62(20,21)47-51)36-32-30-29-31-33-63-48-40-57(10,11)71(74-37-24-3)58(12,13)41-48/h48-51,63,67H,22-47H2,1-21H3. The first-order chi connectivity index (χ1) is 35.4. The number of hydroxylamine groups is 6. The van der Waals surface area contributed by atoms with Crippen LogP contribution in [0.5, 0.6) is 0 Å². The summed E-state index contributed by atoms with van der Waals surface area (Å²) in [7, 11) is 0. The molecule has 1 aromatic heterocycles. The second-order valence-corrected chi connectivity index (χ2v) is 29.3. The predicted octanol–water partition coefficient (Wildman–Crippen LogP) is 13.4. The highest BCUT2D eigenvalue weighted by Crippen LogP contribution is 2.45. The van der Waals surface area contributed by atoms with Gasteiger partial charge in [0, 0.05) is 88.1 Å².